The van der Waals surface area contributed by atoms with Gasteiger partial charge in [-0.25, -0.2) is 15.0 Å². The van der Waals surface area contributed by atoms with Gasteiger partial charge < -0.3 is 9.30 Å². The lowest BCUT2D eigenvalue weighted by molar-refractivity contribution is 0.179. The van der Waals surface area contributed by atoms with Crippen LogP contribution in [-0.2, 0) is 6.54 Å². The zero-order chi connectivity index (χ0) is 20.9. The van der Waals surface area contributed by atoms with Crippen LogP contribution in [0.15, 0.2) is 85.6 Å². The molecule has 0 N–H and O–H groups in total. The second-order valence-corrected chi connectivity index (χ2v) is 7.87. The van der Waals surface area contributed by atoms with Gasteiger partial charge in [0, 0.05) is 49.8 Å². The minimum absolute atomic E-state index is 0.333. The Labute approximate surface area is 182 Å². The van der Waals surface area contributed by atoms with Crippen LogP contribution in [0.4, 0.5) is 0 Å². The molecule has 0 atom stereocenters. The largest absolute Gasteiger partial charge is 0.424 e. The molecule has 31 heavy (non-hydrogen) atoms. The van der Waals surface area contributed by atoms with E-state index in [1.54, 1.807) is 12.4 Å². The Hall–Kier alpha value is -3.51. The van der Waals surface area contributed by atoms with Crippen LogP contribution in [0.5, 0.6) is 11.8 Å². The van der Waals surface area contributed by atoms with Gasteiger partial charge in [0.25, 0.3) is 0 Å². The highest BCUT2D eigenvalue weighted by molar-refractivity contribution is 5.55. The minimum atomic E-state index is 0.333. The molecule has 0 radical (unpaired) electrons. The molecule has 5 rings (SSSR count). The van der Waals surface area contributed by atoms with Crippen LogP contribution in [0.1, 0.15) is 24.4 Å². The molecule has 0 unspecified atom stereocenters. The van der Waals surface area contributed by atoms with Crippen LogP contribution in [0.25, 0.3) is 11.3 Å². The van der Waals surface area contributed by atoms with Crippen molar-refractivity contribution in [2.24, 2.45) is 0 Å². The molecule has 1 aliphatic rings. The zero-order valence-electron chi connectivity index (χ0n) is 17.3. The first kappa shape index (κ1) is 19.5. The first-order chi connectivity index (χ1) is 15.3. The van der Waals surface area contributed by atoms with Crippen LogP contribution >= 0.6 is 0 Å². The van der Waals surface area contributed by atoms with E-state index in [1.807, 2.05) is 36.7 Å². The SMILES string of the molecule is c1ccc(CN2CCC(n3cnc(-c4cnc(Oc5ccccc5)nc4)c3)CC2)cc1. The van der Waals surface area contributed by atoms with Crippen molar-refractivity contribution in [2.45, 2.75) is 25.4 Å². The third-order valence-corrected chi connectivity index (χ3v) is 5.71. The van der Waals surface area contributed by atoms with Gasteiger partial charge in [0.15, 0.2) is 0 Å². The molecule has 1 aliphatic heterocycles. The highest BCUT2D eigenvalue weighted by Crippen LogP contribution is 2.26. The van der Waals surface area contributed by atoms with Gasteiger partial charge in [0.05, 0.1) is 12.0 Å². The van der Waals surface area contributed by atoms with Crippen molar-refractivity contribution in [1.29, 1.82) is 0 Å². The van der Waals surface area contributed by atoms with Crippen molar-refractivity contribution < 1.29 is 4.74 Å². The van der Waals surface area contributed by atoms with E-state index in [0.29, 0.717) is 12.1 Å². The smallest absolute Gasteiger partial charge is 0.321 e. The molecule has 2 aromatic carbocycles. The van der Waals surface area contributed by atoms with Crippen LogP contribution < -0.4 is 4.74 Å². The van der Waals surface area contributed by atoms with E-state index in [0.717, 1.165) is 49.5 Å². The minimum Gasteiger partial charge on any atom is -0.424 e. The van der Waals surface area contributed by atoms with Crippen molar-refractivity contribution >= 4 is 0 Å². The molecule has 1 fully saturated rings. The lowest BCUT2D eigenvalue weighted by Gasteiger charge is -2.32. The van der Waals surface area contributed by atoms with Gasteiger partial charge in [0.2, 0.25) is 0 Å². The first-order valence-corrected chi connectivity index (χ1v) is 10.7. The van der Waals surface area contributed by atoms with Gasteiger partial charge in [-0.1, -0.05) is 48.5 Å². The maximum atomic E-state index is 5.67. The molecule has 0 aliphatic carbocycles. The summed E-state index contributed by atoms with van der Waals surface area (Å²) >= 11 is 0. The molecule has 6 nitrogen and oxygen atoms in total. The third-order valence-electron chi connectivity index (χ3n) is 5.71. The van der Waals surface area contributed by atoms with Crippen LogP contribution in [0.2, 0.25) is 0 Å². The molecule has 0 saturated carbocycles. The molecule has 156 valence electrons. The Bertz CT molecular complexity index is 1090. The van der Waals surface area contributed by atoms with Crippen LogP contribution in [0, 0.1) is 0 Å². The lowest BCUT2D eigenvalue weighted by Crippen LogP contribution is -2.33. The summed E-state index contributed by atoms with van der Waals surface area (Å²) in [7, 11) is 0. The number of para-hydroxylation sites is 1. The second-order valence-electron chi connectivity index (χ2n) is 7.87. The fraction of sp³-hybridized carbons (Fsp3) is 0.240. The van der Waals surface area contributed by atoms with Gasteiger partial charge in [-0.15, -0.1) is 0 Å². The van der Waals surface area contributed by atoms with E-state index in [2.05, 4.69) is 60.9 Å². The van der Waals surface area contributed by atoms with E-state index in [1.165, 1.54) is 5.56 Å². The van der Waals surface area contributed by atoms with Crippen molar-refractivity contribution in [1.82, 2.24) is 24.4 Å². The number of imidazole rings is 1. The van der Waals surface area contributed by atoms with Gasteiger partial charge >= 0.3 is 6.01 Å². The first-order valence-electron chi connectivity index (χ1n) is 10.7. The number of rotatable bonds is 6. The summed E-state index contributed by atoms with van der Waals surface area (Å²) in [5.41, 5.74) is 3.16. The summed E-state index contributed by atoms with van der Waals surface area (Å²) in [6.45, 7) is 3.22. The summed E-state index contributed by atoms with van der Waals surface area (Å²) in [6, 6.07) is 21.0. The summed E-state index contributed by atoms with van der Waals surface area (Å²) in [6.07, 6.45) is 9.82. The molecular formula is C25H25N5O. The number of hydrogen-bond acceptors (Lipinski definition) is 5. The van der Waals surface area contributed by atoms with Crippen molar-refractivity contribution in [3.8, 4) is 23.0 Å². The third kappa shape index (κ3) is 4.81. The Morgan fingerprint density at radius 1 is 0.839 bits per heavy atom. The lowest BCUT2D eigenvalue weighted by atomic mass is 10.0. The predicted molar refractivity (Wildman–Crippen MR) is 120 cm³/mol. The molecule has 3 heterocycles. The van der Waals surface area contributed by atoms with Gasteiger partial charge in [-0.3, -0.25) is 4.90 Å². The molecule has 0 amide bonds. The quantitative estimate of drug-likeness (QED) is 0.448. The number of nitrogens with zero attached hydrogens (tertiary/aromatic N) is 5. The fourth-order valence-corrected chi connectivity index (χ4v) is 4.00. The molecule has 0 spiro atoms. The molecule has 4 aromatic rings. The van der Waals surface area contributed by atoms with Gasteiger partial charge in [0.1, 0.15) is 5.75 Å². The Kier molecular flexibility index (Phi) is 5.71. The Morgan fingerprint density at radius 2 is 1.52 bits per heavy atom. The number of aromatic nitrogens is 4. The maximum absolute atomic E-state index is 5.67. The highest BCUT2D eigenvalue weighted by atomic mass is 16.5. The number of benzene rings is 2. The molecule has 2 aromatic heterocycles. The number of hydrogen-bond donors (Lipinski definition) is 0. The van der Waals surface area contributed by atoms with Gasteiger partial charge in [-0.05, 0) is 30.5 Å². The van der Waals surface area contributed by atoms with E-state index >= 15 is 0 Å². The standard InChI is InChI=1S/C25H25N5O/c1-3-7-20(8-4-1)17-29-13-11-22(12-14-29)30-18-24(28-19-30)21-15-26-25(27-16-21)31-23-9-5-2-6-10-23/h1-10,15-16,18-19,22H,11-14,17H2. The number of ether oxygens (including phenoxy) is 1. The van der Waals surface area contributed by atoms with Crippen molar-refractivity contribution in [3.05, 3.63) is 91.1 Å². The average molecular weight is 412 g/mol. The Morgan fingerprint density at radius 3 is 2.23 bits per heavy atom. The maximum Gasteiger partial charge on any atom is 0.321 e. The van der Waals surface area contributed by atoms with Crippen molar-refractivity contribution in [3.63, 3.8) is 0 Å². The average Bonchev–Trinajstić information content (AvgIpc) is 3.32. The van der Waals surface area contributed by atoms with Crippen LogP contribution in [0.3, 0.4) is 0 Å². The van der Waals surface area contributed by atoms with Gasteiger partial charge in [-0.2, -0.15) is 0 Å². The summed E-state index contributed by atoms with van der Waals surface area (Å²) < 4.78 is 7.91. The molecule has 1 saturated heterocycles. The second kappa shape index (κ2) is 9.10. The number of likely N-dealkylation sites (tertiary alicyclic amines) is 1. The topological polar surface area (TPSA) is 56.1 Å². The number of piperidine rings is 1. The predicted octanol–water partition coefficient (Wildman–Crippen LogP) is 4.97. The summed E-state index contributed by atoms with van der Waals surface area (Å²) in [4.78, 5) is 15.8. The highest BCUT2D eigenvalue weighted by Gasteiger charge is 2.21. The molecule has 0 bridgehead atoms. The van der Waals surface area contributed by atoms with Crippen molar-refractivity contribution in [2.75, 3.05) is 13.1 Å². The van der Waals surface area contributed by atoms with E-state index < -0.39 is 0 Å². The normalized spacial score (nSPS) is 15.1. The summed E-state index contributed by atoms with van der Waals surface area (Å²) in [5.74, 6) is 0.720. The monoisotopic (exact) mass is 411 g/mol. The van der Waals surface area contributed by atoms with Crippen LogP contribution in [-0.4, -0.2) is 37.5 Å². The molecule has 6 heteroatoms. The molecular weight excluding hydrogens is 386 g/mol. The Balaban J connectivity index is 1.18. The fourth-order valence-electron chi connectivity index (χ4n) is 4.00. The van der Waals surface area contributed by atoms with E-state index in [9.17, 15) is 0 Å². The summed E-state index contributed by atoms with van der Waals surface area (Å²) in [5, 5.41) is 0. The zero-order valence-corrected chi connectivity index (χ0v) is 17.3. The van der Waals surface area contributed by atoms with E-state index in [4.69, 9.17) is 4.74 Å². The van der Waals surface area contributed by atoms with E-state index in [-0.39, 0.29) is 0 Å².